The summed E-state index contributed by atoms with van der Waals surface area (Å²) in [6.45, 7) is 8.09. The van der Waals surface area contributed by atoms with Crippen molar-refractivity contribution in [2.24, 2.45) is 11.8 Å². The lowest BCUT2D eigenvalue weighted by Gasteiger charge is -2.24. The Morgan fingerprint density at radius 1 is 1.04 bits per heavy atom. The van der Waals surface area contributed by atoms with Crippen molar-refractivity contribution in [3.8, 4) is 5.75 Å². The topological polar surface area (TPSA) is 67.4 Å². The highest BCUT2D eigenvalue weighted by atomic mass is 16.5. The third kappa shape index (κ3) is 5.55. The summed E-state index contributed by atoms with van der Waals surface area (Å²) >= 11 is 0. The summed E-state index contributed by atoms with van der Waals surface area (Å²) < 4.78 is 5.41. The quantitative estimate of drug-likeness (QED) is 0.729. The van der Waals surface area contributed by atoms with Gasteiger partial charge in [-0.05, 0) is 18.9 Å². The molecule has 5 heteroatoms. The second kappa shape index (κ2) is 9.96. The maximum Gasteiger partial charge on any atom is 0.223 e. The van der Waals surface area contributed by atoms with Gasteiger partial charge in [0.15, 0.2) is 0 Å². The Hall–Kier alpha value is -2.04. The van der Waals surface area contributed by atoms with Gasteiger partial charge in [-0.2, -0.15) is 0 Å². The second-order valence-corrected chi connectivity index (χ2v) is 6.17. The van der Waals surface area contributed by atoms with Crippen LogP contribution in [0.3, 0.4) is 0 Å². The summed E-state index contributed by atoms with van der Waals surface area (Å²) in [5.74, 6) is 0.548. The zero-order valence-electron chi connectivity index (χ0n) is 15.4. The lowest BCUT2D eigenvalue weighted by molar-refractivity contribution is -0.127. The Balaban J connectivity index is 2.94. The summed E-state index contributed by atoms with van der Waals surface area (Å²) in [5, 5.41) is 5.97. The lowest BCUT2D eigenvalue weighted by Crippen LogP contribution is -2.41. The van der Waals surface area contributed by atoms with Crippen LogP contribution in [-0.4, -0.2) is 25.5 Å². The minimum Gasteiger partial charge on any atom is -0.496 e. The van der Waals surface area contributed by atoms with E-state index in [0.29, 0.717) is 12.3 Å². The van der Waals surface area contributed by atoms with Gasteiger partial charge >= 0.3 is 0 Å². The van der Waals surface area contributed by atoms with Crippen LogP contribution >= 0.6 is 0 Å². The predicted molar refractivity (Wildman–Crippen MR) is 95.8 cm³/mol. The van der Waals surface area contributed by atoms with E-state index in [4.69, 9.17) is 4.74 Å². The molecule has 0 spiro atoms. The molecule has 0 heterocycles. The Morgan fingerprint density at radius 3 is 2.21 bits per heavy atom. The Kier molecular flexibility index (Phi) is 8.30. The molecule has 134 valence electrons. The van der Waals surface area contributed by atoms with Crippen molar-refractivity contribution in [1.82, 2.24) is 10.6 Å². The molecule has 0 saturated heterocycles. The molecule has 1 aromatic rings. The molecule has 2 amide bonds. The van der Waals surface area contributed by atoms with Crippen LogP contribution in [0.25, 0.3) is 0 Å². The smallest absolute Gasteiger partial charge is 0.223 e. The number of hydrogen-bond donors (Lipinski definition) is 2. The number of ether oxygens (including phenoxy) is 1. The van der Waals surface area contributed by atoms with Gasteiger partial charge in [0.25, 0.3) is 0 Å². The van der Waals surface area contributed by atoms with Crippen LogP contribution in [0.1, 0.15) is 52.1 Å². The summed E-state index contributed by atoms with van der Waals surface area (Å²) in [5.41, 5.74) is 0.862. The molecule has 0 bridgehead atoms. The first-order chi connectivity index (χ1) is 11.4. The van der Waals surface area contributed by atoms with Crippen molar-refractivity contribution in [3.05, 3.63) is 29.8 Å². The van der Waals surface area contributed by atoms with Crippen LogP contribution in [0.4, 0.5) is 0 Å². The fourth-order valence-electron chi connectivity index (χ4n) is 2.25. The van der Waals surface area contributed by atoms with Crippen molar-refractivity contribution < 1.29 is 14.3 Å². The third-order valence-corrected chi connectivity index (χ3v) is 4.43. The molecule has 3 atom stereocenters. The summed E-state index contributed by atoms with van der Waals surface area (Å²) in [6, 6.07) is 7.23. The number of rotatable bonds is 9. The highest BCUT2D eigenvalue weighted by molar-refractivity contribution is 5.80. The van der Waals surface area contributed by atoms with Crippen molar-refractivity contribution in [2.45, 2.75) is 46.6 Å². The number of carbonyl (C=O) groups is 2. The second-order valence-electron chi connectivity index (χ2n) is 6.17. The van der Waals surface area contributed by atoms with Crippen molar-refractivity contribution >= 4 is 11.8 Å². The number of methoxy groups -OCH3 is 1. The minimum atomic E-state index is -0.323. The fraction of sp³-hybridized carbons (Fsp3) is 0.579. The number of amides is 2. The van der Waals surface area contributed by atoms with Gasteiger partial charge in [0.05, 0.1) is 13.2 Å². The fourth-order valence-corrected chi connectivity index (χ4v) is 2.25. The molecule has 2 N–H and O–H groups in total. The van der Waals surface area contributed by atoms with Gasteiger partial charge in [0.2, 0.25) is 11.8 Å². The summed E-state index contributed by atoms with van der Waals surface area (Å²) in [4.78, 5) is 24.4. The number of para-hydroxylation sites is 1. The first-order valence-corrected chi connectivity index (χ1v) is 8.65. The van der Waals surface area contributed by atoms with E-state index in [1.54, 1.807) is 7.11 Å². The maximum atomic E-state index is 12.3. The molecule has 1 rings (SSSR count). The normalized spacial score (nSPS) is 14.4. The van der Waals surface area contributed by atoms with E-state index < -0.39 is 0 Å². The van der Waals surface area contributed by atoms with Crippen LogP contribution in [0.2, 0.25) is 0 Å². The number of benzene rings is 1. The predicted octanol–water partition coefficient (Wildman–Crippen LogP) is 3.06. The van der Waals surface area contributed by atoms with Gasteiger partial charge in [-0.15, -0.1) is 0 Å². The van der Waals surface area contributed by atoms with Crippen LogP contribution in [0.5, 0.6) is 5.75 Å². The summed E-state index contributed by atoms with van der Waals surface area (Å²) in [7, 11) is 1.60. The number of hydrogen-bond acceptors (Lipinski definition) is 3. The molecule has 5 nitrogen and oxygen atoms in total. The van der Waals surface area contributed by atoms with E-state index in [1.165, 1.54) is 0 Å². The molecule has 0 unspecified atom stereocenters. The first kappa shape index (κ1) is 20.0. The van der Waals surface area contributed by atoms with Crippen LogP contribution in [0, 0.1) is 11.8 Å². The molecular formula is C19H30N2O3. The van der Waals surface area contributed by atoms with E-state index in [2.05, 4.69) is 10.6 Å². The molecule has 0 aliphatic heterocycles. The highest BCUT2D eigenvalue weighted by Gasteiger charge is 2.22. The average Bonchev–Trinajstić information content (AvgIpc) is 2.62. The third-order valence-electron chi connectivity index (χ3n) is 4.43. The summed E-state index contributed by atoms with van der Waals surface area (Å²) in [6.07, 6.45) is 1.55. The van der Waals surface area contributed by atoms with E-state index in [9.17, 15) is 9.59 Å². The maximum absolute atomic E-state index is 12.3. The first-order valence-electron chi connectivity index (χ1n) is 8.65. The van der Waals surface area contributed by atoms with Gasteiger partial charge in [0, 0.05) is 23.9 Å². The molecule has 0 saturated carbocycles. The van der Waals surface area contributed by atoms with Gasteiger partial charge in [-0.3, -0.25) is 9.59 Å². The Bertz CT molecular complexity index is 545. The van der Waals surface area contributed by atoms with Crippen LogP contribution in [-0.2, 0) is 9.59 Å². The van der Waals surface area contributed by atoms with Crippen molar-refractivity contribution in [1.29, 1.82) is 0 Å². The average molecular weight is 334 g/mol. The Morgan fingerprint density at radius 2 is 1.62 bits per heavy atom. The Labute approximate surface area is 145 Å². The van der Waals surface area contributed by atoms with E-state index >= 15 is 0 Å². The molecule has 0 fully saturated rings. The van der Waals surface area contributed by atoms with Crippen LogP contribution < -0.4 is 15.4 Å². The van der Waals surface area contributed by atoms with Crippen molar-refractivity contribution in [3.63, 3.8) is 0 Å². The number of nitrogens with one attached hydrogen (secondary N) is 2. The minimum absolute atomic E-state index is 0.00446. The van der Waals surface area contributed by atoms with Gasteiger partial charge in [-0.1, -0.05) is 45.9 Å². The zero-order valence-corrected chi connectivity index (χ0v) is 15.4. The van der Waals surface area contributed by atoms with E-state index in [-0.39, 0.29) is 29.7 Å². The largest absolute Gasteiger partial charge is 0.496 e. The molecule has 24 heavy (non-hydrogen) atoms. The molecule has 0 aromatic heterocycles. The SMILES string of the molecule is CC[C@H](C)C(=O)NC[C@H](NC(=O)[C@@H](C)CC)c1ccccc1OC. The lowest BCUT2D eigenvalue weighted by atomic mass is 10.0. The van der Waals surface area contributed by atoms with Gasteiger partial charge < -0.3 is 15.4 Å². The van der Waals surface area contributed by atoms with Crippen molar-refractivity contribution in [2.75, 3.05) is 13.7 Å². The van der Waals surface area contributed by atoms with E-state index in [0.717, 1.165) is 18.4 Å². The highest BCUT2D eigenvalue weighted by Crippen LogP contribution is 2.25. The van der Waals surface area contributed by atoms with Gasteiger partial charge in [-0.25, -0.2) is 0 Å². The van der Waals surface area contributed by atoms with Crippen LogP contribution in [0.15, 0.2) is 24.3 Å². The zero-order chi connectivity index (χ0) is 18.1. The van der Waals surface area contributed by atoms with E-state index in [1.807, 2.05) is 52.0 Å². The molecular weight excluding hydrogens is 304 g/mol. The van der Waals surface area contributed by atoms with Gasteiger partial charge in [0.1, 0.15) is 5.75 Å². The molecule has 0 aliphatic carbocycles. The number of carbonyl (C=O) groups excluding carboxylic acids is 2. The molecule has 0 aliphatic rings. The standard InChI is InChI=1S/C19H30N2O3/c1-6-13(3)18(22)20-12-16(21-19(23)14(4)7-2)15-10-8-9-11-17(15)24-5/h8-11,13-14,16H,6-7,12H2,1-5H3,(H,20,22)(H,21,23)/t13-,14-,16-/m0/s1. The molecule has 1 aromatic carbocycles. The monoisotopic (exact) mass is 334 g/mol. The molecule has 0 radical (unpaired) electrons.